The molecule has 0 radical (unpaired) electrons. The van der Waals surface area contributed by atoms with Crippen molar-refractivity contribution in [2.24, 2.45) is 11.7 Å². The number of carbonyl (C=O) groups excluding carboxylic acids is 1. The van der Waals surface area contributed by atoms with E-state index in [9.17, 15) is 4.79 Å². The average molecular weight is 346 g/mol. The van der Waals surface area contributed by atoms with E-state index >= 15 is 0 Å². The van der Waals surface area contributed by atoms with Crippen LogP contribution in [0, 0.1) is 5.92 Å². The van der Waals surface area contributed by atoms with E-state index in [0.717, 1.165) is 31.6 Å². The number of Topliss-reactive ketones (excluding diaryl/α,β-unsaturated/α-hetero) is 1. The smallest absolute Gasteiger partial charge is 0.133 e. The second-order valence-electron chi connectivity index (χ2n) is 7.62. The van der Waals surface area contributed by atoms with Crippen molar-refractivity contribution < 1.29 is 9.53 Å². The van der Waals surface area contributed by atoms with Gasteiger partial charge in [0, 0.05) is 19.6 Å². The van der Waals surface area contributed by atoms with Crippen LogP contribution >= 0.6 is 0 Å². The Morgan fingerprint density at radius 1 is 1.12 bits per heavy atom. The first-order valence-corrected chi connectivity index (χ1v) is 9.96. The number of carbonyl (C=O) groups is 1. The second-order valence-corrected chi connectivity index (χ2v) is 7.62. The lowest BCUT2D eigenvalue weighted by molar-refractivity contribution is -0.123. The summed E-state index contributed by atoms with van der Waals surface area (Å²) < 4.78 is 5.22. The van der Waals surface area contributed by atoms with E-state index in [4.69, 9.17) is 10.5 Å². The minimum Gasteiger partial charge on any atom is -0.381 e. The van der Waals surface area contributed by atoms with Crippen molar-refractivity contribution in [3.8, 4) is 0 Å². The van der Waals surface area contributed by atoms with Crippen molar-refractivity contribution in [1.82, 2.24) is 0 Å². The van der Waals surface area contributed by atoms with Gasteiger partial charge >= 0.3 is 0 Å². The molecule has 2 aliphatic rings. The molecule has 0 heterocycles. The van der Waals surface area contributed by atoms with Gasteiger partial charge in [0.2, 0.25) is 0 Å². The highest BCUT2D eigenvalue weighted by Gasteiger charge is 2.24. The molecule has 2 saturated carbocycles. The van der Waals surface area contributed by atoms with Crippen molar-refractivity contribution in [2.45, 2.75) is 83.3 Å². The highest BCUT2D eigenvalue weighted by molar-refractivity contribution is 5.78. The Hall–Kier alpha value is -1.19. The molecule has 2 fully saturated rings. The molecule has 2 aliphatic carbocycles. The van der Waals surface area contributed by atoms with Crippen LogP contribution in [0.1, 0.15) is 81.8 Å². The van der Waals surface area contributed by atoms with Crippen LogP contribution in [0.2, 0.25) is 0 Å². The summed E-state index contributed by atoms with van der Waals surface area (Å²) in [7, 11) is 1.73. The molecule has 0 amide bonds. The maximum Gasteiger partial charge on any atom is 0.133 e. The zero-order chi connectivity index (χ0) is 18.1. The van der Waals surface area contributed by atoms with Gasteiger partial charge < -0.3 is 10.5 Å². The first kappa shape index (κ1) is 20.1. The van der Waals surface area contributed by atoms with Gasteiger partial charge in [-0.2, -0.15) is 0 Å². The molecular formula is C22H35NO2. The monoisotopic (exact) mass is 345 g/mol. The molecular weight excluding hydrogens is 310 g/mol. The molecule has 3 heteroatoms. The highest BCUT2D eigenvalue weighted by atomic mass is 16.5. The SMILES string of the molecule is COC1CCCC(C(C)=O)C1.NCc1cccc(C2CCCCC2)c1. The summed E-state index contributed by atoms with van der Waals surface area (Å²) >= 11 is 0. The molecule has 25 heavy (non-hydrogen) atoms. The molecule has 0 aromatic heterocycles. The molecule has 0 bridgehead atoms. The van der Waals surface area contributed by atoms with Crippen molar-refractivity contribution in [2.75, 3.05) is 7.11 Å². The fourth-order valence-electron chi connectivity index (χ4n) is 4.14. The third-order valence-electron chi connectivity index (χ3n) is 5.80. The van der Waals surface area contributed by atoms with Gasteiger partial charge in [-0.3, -0.25) is 4.79 Å². The number of hydrogen-bond acceptors (Lipinski definition) is 3. The third-order valence-corrected chi connectivity index (χ3v) is 5.80. The van der Waals surface area contributed by atoms with Gasteiger partial charge in [0.1, 0.15) is 5.78 Å². The van der Waals surface area contributed by atoms with Gasteiger partial charge in [0.05, 0.1) is 6.10 Å². The number of rotatable bonds is 4. The lowest BCUT2D eigenvalue weighted by atomic mass is 9.84. The molecule has 0 aliphatic heterocycles. The van der Waals surface area contributed by atoms with Crippen LogP contribution in [0.15, 0.2) is 24.3 Å². The Kier molecular flexibility index (Phi) is 8.63. The zero-order valence-corrected chi connectivity index (χ0v) is 16.0. The Bertz CT molecular complexity index is 523. The van der Waals surface area contributed by atoms with E-state index in [1.807, 2.05) is 0 Å². The van der Waals surface area contributed by atoms with Crippen molar-refractivity contribution in [3.63, 3.8) is 0 Å². The van der Waals surface area contributed by atoms with Crippen LogP contribution in [0.3, 0.4) is 0 Å². The Balaban J connectivity index is 0.000000186. The van der Waals surface area contributed by atoms with Gasteiger partial charge in [-0.05, 0) is 56.1 Å². The predicted octanol–water partition coefficient (Wildman–Crippen LogP) is 4.97. The third kappa shape index (κ3) is 6.56. The first-order chi connectivity index (χ1) is 12.1. The summed E-state index contributed by atoms with van der Waals surface area (Å²) in [6, 6.07) is 8.81. The summed E-state index contributed by atoms with van der Waals surface area (Å²) in [6.07, 6.45) is 11.6. The summed E-state index contributed by atoms with van der Waals surface area (Å²) in [6.45, 7) is 2.35. The molecule has 2 atom stereocenters. The van der Waals surface area contributed by atoms with E-state index in [1.165, 1.54) is 43.2 Å². The zero-order valence-electron chi connectivity index (χ0n) is 16.0. The number of hydrogen-bond donors (Lipinski definition) is 1. The molecule has 2 N–H and O–H groups in total. The standard InChI is InChI=1S/C13H19N.C9H16O2/c14-10-11-5-4-8-13(9-11)12-6-2-1-3-7-12;1-7(10)8-4-3-5-9(6-8)11-2/h4-5,8-9,12H,1-3,6-7,10,14H2;8-9H,3-6H2,1-2H3. The fraction of sp³-hybridized carbons (Fsp3) is 0.682. The molecule has 1 aromatic rings. The molecule has 3 nitrogen and oxygen atoms in total. The number of benzene rings is 1. The largest absolute Gasteiger partial charge is 0.381 e. The van der Waals surface area contributed by atoms with Gasteiger partial charge in [-0.25, -0.2) is 0 Å². The topological polar surface area (TPSA) is 52.3 Å². The van der Waals surface area contributed by atoms with E-state index in [0.29, 0.717) is 18.4 Å². The van der Waals surface area contributed by atoms with Crippen LogP contribution in [-0.2, 0) is 16.1 Å². The molecule has 3 rings (SSSR count). The van der Waals surface area contributed by atoms with Crippen molar-refractivity contribution >= 4 is 5.78 Å². The Labute approximate surface area is 153 Å². The van der Waals surface area contributed by atoms with Gasteiger partial charge in [-0.1, -0.05) is 49.9 Å². The average Bonchev–Trinajstić information content (AvgIpc) is 2.69. The Morgan fingerprint density at radius 2 is 1.88 bits per heavy atom. The van der Waals surface area contributed by atoms with Crippen molar-refractivity contribution in [1.29, 1.82) is 0 Å². The summed E-state index contributed by atoms with van der Waals surface area (Å²) in [5, 5.41) is 0. The van der Waals surface area contributed by atoms with Gasteiger partial charge in [0.15, 0.2) is 0 Å². The van der Waals surface area contributed by atoms with Crippen LogP contribution in [0.4, 0.5) is 0 Å². The van der Waals surface area contributed by atoms with Crippen LogP contribution < -0.4 is 5.73 Å². The summed E-state index contributed by atoms with van der Waals surface area (Å²) in [5.41, 5.74) is 8.43. The summed E-state index contributed by atoms with van der Waals surface area (Å²) in [5.74, 6) is 1.40. The van der Waals surface area contributed by atoms with E-state index in [-0.39, 0.29) is 5.92 Å². The lowest BCUT2D eigenvalue weighted by Gasteiger charge is -2.26. The minimum absolute atomic E-state index is 0.272. The predicted molar refractivity (Wildman–Crippen MR) is 104 cm³/mol. The number of ketones is 1. The fourth-order valence-corrected chi connectivity index (χ4v) is 4.14. The first-order valence-electron chi connectivity index (χ1n) is 9.96. The quantitative estimate of drug-likeness (QED) is 0.838. The number of methoxy groups -OCH3 is 1. The maximum atomic E-state index is 11.0. The maximum absolute atomic E-state index is 11.0. The number of ether oxygens (including phenoxy) is 1. The second kappa shape index (κ2) is 10.7. The summed E-state index contributed by atoms with van der Waals surface area (Å²) in [4.78, 5) is 11.0. The van der Waals surface area contributed by atoms with Crippen LogP contribution in [0.5, 0.6) is 0 Å². The van der Waals surface area contributed by atoms with E-state index < -0.39 is 0 Å². The molecule has 140 valence electrons. The van der Waals surface area contributed by atoms with E-state index in [2.05, 4.69) is 24.3 Å². The number of nitrogens with two attached hydrogens (primary N) is 1. The Morgan fingerprint density at radius 3 is 2.52 bits per heavy atom. The normalized spacial score (nSPS) is 24.3. The highest BCUT2D eigenvalue weighted by Crippen LogP contribution is 2.32. The lowest BCUT2D eigenvalue weighted by Crippen LogP contribution is -2.25. The van der Waals surface area contributed by atoms with Crippen molar-refractivity contribution in [3.05, 3.63) is 35.4 Å². The molecule has 0 spiro atoms. The van der Waals surface area contributed by atoms with Crippen LogP contribution in [0.25, 0.3) is 0 Å². The molecule has 0 saturated heterocycles. The molecule has 1 aromatic carbocycles. The van der Waals surface area contributed by atoms with Gasteiger partial charge in [-0.15, -0.1) is 0 Å². The van der Waals surface area contributed by atoms with Crippen LogP contribution in [-0.4, -0.2) is 19.0 Å². The minimum atomic E-state index is 0.272. The van der Waals surface area contributed by atoms with E-state index in [1.54, 1.807) is 14.0 Å². The molecule has 2 unspecified atom stereocenters. The van der Waals surface area contributed by atoms with Gasteiger partial charge in [0.25, 0.3) is 0 Å².